The maximum atomic E-state index is 13.1. The van der Waals surface area contributed by atoms with Crippen LogP contribution in [0.5, 0.6) is 0 Å². The molecule has 1 aromatic rings. The molecule has 2 fully saturated rings. The fourth-order valence-electron chi connectivity index (χ4n) is 4.68. The number of rotatable bonds is 10. The van der Waals surface area contributed by atoms with Crippen LogP contribution in [-0.4, -0.2) is 89.7 Å². The number of carbonyl (C=O) groups is 5. The van der Waals surface area contributed by atoms with Gasteiger partial charge in [0.15, 0.2) is 0 Å². The van der Waals surface area contributed by atoms with Gasteiger partial charge in [-0.05, 0) is 44.1 Å². The van der Waals surface area contributed by atoms with Crippen molar-refractivity contribution >= 4 is 30.0 Å². The summed E-state index contributed by atoms with van der Waals surface area (Å²) >= 11 is 0. The molecular weight excluding hydrogens is 484 g/mol. The number of carbonyl (C=O) groups excluding carboxylic acids is 4. The first-order valence-corrected chi connectivity index (χ1v) is 12.4. The van der Waals surface area contributed by atoms with E-state index in [1.165, 1.54) is 12.0 Å². The van der Waals surface area contributed by atoms with Gasteiger partial charge >= 0.3 is 18.2 Å². The monoisotopic (exact) mass is 518 g/mol. The number of methoxy groups -OCH3 is 1. The fourth-order valence-corrected chi connectivity index (χ4v) is 4.68. The van der Waals surface area contributed by atoms with Gasteiger partial charge in [-0.15, -0.1) is 0 Å². The molecule has 1 unspecified atom stereocenters. The third-order valence-corrected chi connectivity index (χ3v) is 6.58. The number of nitrogens with one attached hydrogen (secondary N) is 2. The summed E-state index contributed by atoms with van der Waals surface area (Å²) < 4.78 is 9.96. The molecule has 12 heteroatoms. The van der Waals surface area contributed by atoms with Gasteiger partial charge in [0.25, 0.3) is 0 Å². The maximum Gasteiger partial charge on any atom is 0.407 e. The van der Waals surface area contributed by atoms with Crippen molar-refractivity contribution in [3.05, 3.63) is 35.9 Å². The highest BCUT2D eigenvalue weighted by Crippen LogP contribution is 2.25. The molecule has 3 N–H and O–H groups in total. The van der Waals surface area contributed by atoms with Crippen LogP contribution >= 0.6 is 0 Å². The summed E-state index contributed by atoms with van der Waals surface area (Å²) in [5.74, 6) is -1.51. The zero-order chi connectivity index (χ0) is 26.8. The average molecular weight is 519 g/mol. The standard InChI is InChI=1S/C25H34N4O8/c1-36-23(32)18(10-5-13-26-24(33)37-16-17-8-3-2-4-9-17)27-21(30)19-11-6-14-28(19)22(31)20-12-7-15-29(20)25(34)35/h2-4,8-9,18-20H,5-7,10-16H2,1H3,(H,26,33)(H,27,30)(H,34,35)/t18?,19-,20-/m0/s1. The lowest BCUT2D eigenvalue weighted by Gasteiger charge is -2.30. The molecule has 1 aromatic carbocycles. The number of hydrogen-bond donors (Lipinski definition) is 3. The topological polar surface area (TPSA) is 155 Å². The lowest BCUT2D eigenvalue weighted by Crippen LogP contribution is -2.54. The van der Waals surface area contributed by atoms with E-state index in [2.05, 4.69) is 10.6 Å². The van der Waals surface area contributed by atoms with Crippen LogP contribution in [0.15, 0.2) is 30.3 Å². The first-order valence-electron chi connectivity index (χ1n) is 12.4. The van der Waals surface area contributed by atoms with Crippen molar-refractivity contribution in [1.82, 2.24) is 20.4 Å². The molecule has 37 heavy (non-hydrogen) atoms. The van der Waals surface area contributed by atoms with Gasteiger partial charge in [-0.3, -0.25) is 14.5 Å². The van der Waals surface area contributed by atoms with Crippen LogP contribution in [0.25, 0.3) is 0 Å². The van der Waals surface area contributed by atoms with E-state index in [1.54, 1.807) is 0 Å². The predicted molar refractivity (Wildman–Crippen MR) is 130 cm³/mol. The minimum Gasteiger partial charge on any atom is -0.467 e. The van der Waals surface area contributed by atoms with Crippen LogP contribution in [0.2, 0.25) is 0 Å². The van der Waals surface area contributed by atoms with Crippen molar-refractivity contribution < 1.29 is 38.6 Å². The summed E-state index contributed by atoms with van der Waals surface area (Å²) in [6.07, 6.45) is 0.843. The molecule has 0 radical (unpaired) electrons. The van der Waals surface area contributed by atoms with Gasteiger partial charge in [-0.1, -0.05) is 30.3 Å². The molecule has 3 atom stereocenters. The van der Waals surface area contributed by atoms with Gasteiger partial charge in [-0.2, -0.15) is 0 Å². The minimum absolute atomic E-state index is 0.134. The van der Waals surface area contributed by atoms with Crippen molar-refractivity contribution in [1.29, 1.82) is 0 Å². The minimum atomic E-state index is -1.15. The Morgan fingerprint density at radius 3 is 2.38 bits per heavy atom. The Labute approximate surface area is 215 Å². The highest BCUT2D eigenvalue weighted by molar-refractivity contribution is 5.93. The number of amides is 4. The Morgan fingerprint density at radius 1 is 1.03 bits per heavy atom. The van der Waals surface area contributed by atoms with E-state index in [-0.39, 0.29) is 32.0 Å². The highest BCUT2D eigenvalue weighted by atomic mass is 16.5. The molecular formula is C25H34N4O8. The van der Waals surface area contributed by atoms with E-state index in [0.29, 0.717) is 38.6 Å². The van der Waals surface area contributed by atoms with Gasteiger partial charge in [0.1, 0.15) is 24.7 Å². The first kappa shape index (κ1) is 27.8. The molecule has 202 valence electrons. The van der Waals surface area contributed by atoms with Crippen LogP contribution < -0.4 is 10.6 Å². The zero-order valence-corrected chi connectivity index (χ0v) is 20.9. The first-order chi connectivity index (χ1) is 17.8. The zero-order valence-electron chi connectivity index (χ0n) is 20.9. The molecule has 0 spiro atoms. The number of hydrogen-bond acceptors (Lipinski definition) is 7. The predicted octanol–water partition coefficient (Wildman–Crippen LogP) is 1.48. The normalized spacial score (nSPS) is 19.7. The number of nitrogens with zero attached hydrogens (tertiary/aromatic N) is 2. The molecule has 3 rings (SSSR count). The average Bonchev–Trinajstić information content (AvgIpc) is 3.59. The van der Waals surface area contributed by atoms with E-state index < -0.39 is 42.2 Å². The summed E-state index contributed by atoms with van der Waals surface area (Å²) in [6.45, 7) is 0.987. The smallest absolute Gasteiger partial charge is 0.407 e. The van der Waals surface area contributed by atoms with Crippen molar-refractivity contribution in [2.24, 2.45) is 0 Å². The van der Waals surface area contributed by atoms with E-state index in [1.807, 2.05) is 30.3 Å². The van der Waals surface area contributed by atoms with Crippen LogP contribution in [0.3, 0.4) is 0 Å². The molecule has 0 saturated carbocycles. The van der Waals surface area contributed by atoms with Gasteiger partial charge in [0.2, 0.25) is 11.8 Å². The van der Waals surface area contributed by atoms with Crippen LogP contribution in [0.4, 0.5) is 9.59 Å². The third-order valence-electron chi connectivity index (χ3n) is 6.58. The van der Waals surface area contributed by atoms with Crippen molar-refractivity contribution in [2.75, 3.05) is 26.7 Å². The molecule has 4 amide bonds. The Hall–Kier alpha value is -3.83. The maximum absolute atomic E-state index is 13.1. The number of alkyl carbamates (subject to hydrolysis) is 1. The Kier molecular flexibility index (Phi) is 10.1. The van der Waals surface area contributed by atoms with E-state index in [9.17, 15) is 29.1 Å². The van der Waals surface area contributed by atoms with Crippen LogP contribution in [0.1, 0.15) is 44.1 Å². The number of benzene rings is 1. The van der Waals surface area contributed by atoms with Crippen molar-refractivity contribution in [2.45, 2.75) is 63.3 Å². The van der Waals surface area contributed by atoms with Crippen LogP contribution in [-0.2, 0) is 30.5 Å². The largest absolute Gasteiger partial charge is 0.467 e. The summed E-state index contributed by atoms with van der Waals surface area (Å²) in [5, 5.41) is 14.6. The lowest BCUT2D eigenvalue weighted by atomic mass is 10.1. The molecule has 0 aromatic heterocycles. The lowest BCUT2D eigenvalue weighted by molar-refractivity contribution is -0.147. The van der Waals surface area contributed by atoms with Gasteiger partial charge in [0.05, 0.1) is 7.11 Å². The van der Waals surface area contributed by atoms with Gasteiger partial charge < -0.3 is 30.1 Å². The molecule has 2 saturated heterocycles. The molecule has 2 heterocycles. The molecule has 2 aliphatic heterocycles. The highest BCUT2D eigenvalue weighted by Gasteiger charge is 2.42. The quantitative estimate of drug-likeness (QED) is 0.311. The molecule has 0 aliphatic carbocycles. The molecule has 0 bridgehead atoms. The summed E-state index contributed by atoms with van der Waals surface area (Å²) in [7, 11) is 1.21. The van der Waals surface area contributed by atoms with Crippen molar-refractivity contribution in [3.8, 4) is 0 Å². The Morgan fingerprint density at radius 2 is 1.70 bits per heavy atom. The molecule has 2 aliphatic rings. The SMILES string of the molecule is COC(=O)C(CCCNC(=O)OCc1ccccc1)NC(=O)[C@@H]1CCCN1C(=O)[C@@H]1CCCN1C(=O)O. The Balaban J connectivity index is 1.48. The number of esters is 1. The number of ether oxygens (including phenoxy) is 2. The van der Waals surface area contributed by atoms with Gasteiger partial charge in [-0.25, -0.2) is 14.4 Å². The van der Waals surface area contributed by atoms with Crippen molar-refractivity contribution in [3.63, 3.8) is 0 Å². The van der Waals surface area contributed by atoms with E-state index in [4.69, 9.17) is 9.47 Å². The Bertz CT molecular complexity index is 973. The second-order valence-corrected chi connectivity index (χ2v) is 9.04. The van der Waals surface area contributed by atoms with E-state index in [0.717, 1.165) is 10.5 Å². The summed E-state index contributed by atoms with van der Waals surface area (Å²) in [6, 6.07) is 6.69. The summed E-state index contributed by atoms with van der Waals surface area (Å²) in [5.41, 5.74) is 0.856. The second-order valence-electron chi connectivity index (χ2n) is 9.04. The molecule has 12 nitrogen and oxygen atoms in total. The fraction of sp³-hybridized carbons (Fsp3) is 0.560. The number of carboxylic acid groups (broad SMARTS) is 1. The number of likely N-dealkylation sites (tertiary alicyclic amines) is 2. The summed E-state index contributed by atoms with van der Waals surface area (Å²) in [4.78, 5) is 64.3. The van der Waals surface area contributed by atoms with Gasteiger partial charge in [0, 0.05) is 19.6 Å². The van der Waals surface area contributed by atoms with Crippen LogP contribution in [0, 0.1) is 0 Å². The second kappa shape index (κ2) is 13.5. The van der Waals surface area contributed by atoms with E-state index >= 15 is 0 Å². The third kappa shape index (κ3) is 7.58.